The first-order chi connectivity index (χ1) is 6.11. The Kier molecular flexibility index (Phi) is 3.31. The predicted molar refractivity (Wildman–Crippen MR) is 53.5 cm³/mol. The van der Waals surface area contributed by atoms with Crippen LogP contribution in [0.15, 0.2) is 0 Å². The Balaban J connectivity index is 2.42. The van der Waals surface area contributed by atoms with Crippen molar-refractivity contribution in [2.24, 2.45) is 5.92 Å². The number of hydrogen-bond acceptors (Lipinski definition) is 2. The van der Waals surface area contributed by atoms with E-state index in [-0.39, 0.29) is 5.92 Å². The third kappa shape index (κ3) is 1.85. The second-order valence-corrected chi connectivity index (χ2v) is 3.90. The zero-order valence-electron chi connectivity index (χ0n) is 9.00. The number of likely N-dealkylation sites (tertiary alicyclic amines) is 1. The van der Waals surface area contributed by atoms with Gasteiger partial charge in [0, 0.05) is 18.6 Å². The van der Waals surface area contributed by atoms with E-state index in [0.29, 0.717) is 18.0 Å². The molecule has 1 saturated heterocycles. The molecule has 13 heavy (non-hydrogen) atoms. The molecule has 0 aromatic carbocycles. The largest absolute Gasteiger partial charge is 0.339 e. The molecule has 0 aromatic rings. The van der Waals surface area contributed by atoms with Crippen molar-refractivity contribution in [3.8, 4) is 0 Å². The third-order valence-electron chi connectivity index (χ3n) is 3.12. The van der Waals surface area contributed by atoms with Crippen molar-refractivity contribution >= 4 is 5.91 Å². The van der Waals surface area contributed by atoms with Gasteiger partial charge in [-0.05, 0) is 34.2 Å². The second-order valence-electron chi connectivity index (χ2n) is 3.90. The molecule has 3 atom stereocenters. The Labute approximate surface area is 80.5 Å². The topological polar surface area (TPSA) is 32.3 Å². The van der Waals surface area contributed by atoms with Crippen LogP contribution in [0.25, 0.3) is 0 Å². The van der Waals surface area contributed by atoms with Gasteiger partial charge in [-0.3, -0.25) is 4.79 Å². The quantitative estimate of drug-likeness (QED) is 0.657. The van der Waals surface area contributed by atoms with Crippen molar-refractivity contribution in [2.45, 2.75) is 39.3 Å². The van der Waals surface area contributed by atoms with Crippen LogP contribution in [0.2, 0.25) is 0 Å². The highest BCUT2D eigenvalue weighted by atomic mass is 16.2. The lowest BCUT2D eigenvalue weighted by Gasteiger charge is -2.46. The fraction of sp³-hybridized carbons (Fsp3) is 0.900. The van der Waals surface area contributed by atoms with Crippen LogP contribution in [-0.4, -0.2) is 36.5 Å². The van der Waals surface area contributed by atoms with Gasteiger partial charge in [-0.15, -0.1) is 0 Å². The molecule has 0 radical (unpaired) electrons. The van der Waals surface area contributed by atoms with Gasteiger partial charge >= 0.3 is 0 Å². The SMILES string of the molecule is CCN1C(=O)[C@H](CC(C)NC)[C@H]1C. The Hall–Kier alpha value is -0.570. The second kappa shape index (κ2) is 4.09. The highest BCUT2D eigenvalue weighted by Crippen LogP contribution is 2.29. The van der Waals surface area contributed by atoms with E-state index in [1.807, 2.05) is 18.9 Å². The lowest BCUT2D eigenvalue weighted by atomic mass is 9.84. The molecule has 3 nitrogen and oxygen atoms in total. The molecule has 1 rings (SSSR count). The average molecular weight is 184 g/mol. The number of nitrogens with zero attached hydrogens (tertiary/aromatic N) is 1. The van der Waals surface area contributed by atoms with E-state index in [1.165, 1.54) is 0 Å². The number of carbonyl (C=O) groups is 1. The van der Waals surface area contributed by atoms with E-state index in [4.69, 9.17) is 0 Å². The number of β-lactam (4-membered cyclic amide) rings is 1. The van der Waals surface area contributed by atoms with Gasteiger partial charge < -0.3 is 10.2 Å². The van der Waals surface area contributed by atoms with Gasteiger partial charge in [0.25, 0.3) is 0 Å². The fourth-order valence-electron chi connectivity index (χ4n) is 2.00. The maximum absolute atomic E-state index is 11.6. The molecule has 0 aromatic heterocycles. The summed E-state index contributed by atoms with van der Waals surface area (Å²) in [5.41, 5.74) is 0. The maximum atomic E-state index is 11.6. The first kappa shape index (κ1) is 10.5. The summed E-state index contributed by atoms with van der Waals surface area (Å²) in [6, 6.07) is 0.878. The molecule has 1 aliphatic rings. The van der Waals surface area contributed by atoms with Crippen molar-refractivity contribution in [3.63, 3.8) is 0 Å². The minimum Gasteiger partial charge on any atom is -0.339 e. The number of amides is 1. The normalized spacial score (nSPS) is 30.2. The zero-order chi connectivity index (χ0) is 10.0. The summed E-state index contributed by atoms with van der Waals surface area (Å²) >= 11 is 0. The van der Waals surface area contributed by atoms with Crippen molar-refractivity contribution in [3.05, 3.63) is 0 Å². The molecule has 1 fully saturated rings. The lowest BCUT2D eigenvalue weighted by Crippen LogP contribution is -2.60. The fourth-order valence-corrected chi connectivity index (χ4v) is 2.00. The maximum Gasteiger partial charge on any atom is 0.228 e. The van der Waals surface area contributed by atoms with Crippen LogP contribution < -0.4 is 5.32 Å². The molecule has 0 bridgehead atoms. The van der Waals surface area contributed by atoms with E-state index in [0.717, 1.165) is 13.0 Å². The zero-order valence-corrected chi connectivity index (χ0v) is 9.00. The van der Waals surface area contributed by atoms with E-state index >= 15 is 0 Å². The molecule has 76 valence electrons. The van der Waals surface area contributed by atoms with Crippen LogP contribution in [0.3, 0.4) is 0 Å². The summed E-state index contributed by atoms with van der Waals surface area (Å²) in [7, 11) is 1.94. The van der Waals surface area contributed by atoms with Crippen LogP contribution >= 0.6 is 0 Å². The minimum absolute atomic E-state index is 0.252. The molecule has 1 amide bonds. The van der Waals surface area contributed by atoms with Gasteiger partial charge in [0.1, 0.15) is 0 Å². The highest BCUT2D eigenvalue weighted by Gasteiger charge is 2.43. The van der Waals surface area contributed by atoms with Crippen molar-refractivity contribution in [1.82, 2.24) is 10.2 Å². The average Bonchev–Trinajstić information content (AvgIpc) is 2.14. The molecule has 0 saturated carbocycles. The van der Waals surface area contributed by atoms with Crippen LogP contribution in [0.4, 0.5) is 0 Å². The molecule has 0 aliphatic carbocycles. The van der Waals surface area contributed by atoms with Crippen LogP contribution in [-0.2, 0) is 4.79 Å². The number of nitrogens with one attached hydrogen (secondary N) is 1. The van der Waals surface area contributed by atoms with E-state index in [9.17, 15) is 4.79 Å². The van der Waals surface area contributed by atoms with Gasteiger partial charge in [0.05, 0.1) is 5.92 Å². The standard InChI is InChI=1S/C10H20N2O/c1-5-12-8(3)9(10(12)13)6-7(2)11-4/h7-9,11H,5-6H2,1-4H3/t7?,8-,9-/m1/s1. The predicted octanol–water partition coefficient (Wildman–Crippen LogP) is 0.851. The van der Waals surface area contributed by atoms with Crippen LogP contribution in [0.1, 0.15) is 27.2 Å². The first-order valence-electron chi connectivity index (χ1n) is 5.09. The van der Waals surface area contributed by atoms with Gasteiger partial charge in [-0.1, -0.05) is 0 Å². The molecule has 3 heteroatoms. The van der Waals surface area contributed by atoms with Crippen molar-refractivity contribution in [1.29, 1.82) is 0 Å². The van der Waals surface area contributed by atoms with Gasteiger partial charge in [-0.2, -0.15) is 0 Å². The van der Waals surface area contributed by atoms with Crippen LogP contribution in [0.5, 0.6) is 0 Å². The smallest absolute Gasteiger partial charge is 0.228 e. The van der Waals surface area contributed by atoms with Crippen molar-refractivity contribution in [2.75, 3.05) is 13.6 Å². The third-order valence-corrected chi connectivity index (χ3v) is 3.12. The molecular formula is C10H20N2O. The van der Waals surface area contributed by atoms with Gasteiger partial charge in [-0.25, -0.2) is 0 Å². The summed E-state index contributed by atoms with van der Waals surface area (Å²) in [6.45, 7) is 7.14. The number of hydrogen-bond donors (Lipinski definition) is 1. The Morgan fingerprint density at radius 3 is 2.62 bits per heavy atom. The molecule has 1 unspecified atom stereocenters. The Morgan fingerprint density at radius 2 is 2.23 bits per heavy atom. The summed E-state index contributed by atoms with van der Waals surface area (Å²) < 4.78 is 0. The van der Waals surface area contributed by atoms with E-state index in [2.05, 4.69) is 19.2 Å². The Bertz CT molecular complexity index is 193. The summed E-state index contributed by atoms with van der Waals surface area (Å²) in [5, 5.41) is 3.17. The minimum atomic E-state index is 0.252. The van der Waals surface area contributed by atoms with Gasteiger partial charge in [0.2, 0.25) is 5.91 Å². The summed E-state index contributed by atoms with van der Waals surface area (Å²) in [6.07, 6.45) is 0.965. The molecular weight excluding hydrogens is 164 g/mol. The highest BCUT2D eigenvalue weighted by molar-refractivity contribution is 5.85. The van der Waals surface area contributed by atoms with Crippen molar-refractivity contribution < 1.29 is 4.79 Å². The Morgan fingerprint density at radius 1 is 1.62 bits per heavy atom. The van der Waals surface area contributed by atoms with Gasteiger partial charge in [0.15, 0.2) is 0 Å². The molecule has 1 N–H and O–H groups in total. The number of carbonyl (C=O) groups excluding carboxylic acids is 1. The lowest BCUT2D eigenvalue weighted by molar-refractivity contribution is -0.155. The van der Waals surface area contributed by atoms with Crippen LogP contribution in [0, 0.1) is 5.92 Å². The summed E-state index contributed by atoms with van der Waals surface area (Å²) in [5.74, 6) is 0.583. The van der Waals surface area contributed by atoms with E-state index < -0.39 is 0 Å². The van der Waals surface area contributed by atoms with E-state index in [1.54, 1.807) is 0 Å². The molecule has 1 aliphatic heterocycles. The first-order valence-corrected chi connectivity index (χ1v) is 5.09. The molecule has 0 spiro atoms. The number of rotatable bonds is 4. The molecule has 1 heterocycles. The summed E-state index contributed by atoms with van der Waals surface area (Å²) in [4.78, 5) is 13.5. The monoisotopic (exact) mass is 184 g/mol.